The fourth-order valence-corrected chi connectivity index (χ4v) is 26.3. The van der Waals surface area contributed by atoms with Crippen molar-refractivity contribution in [2.24, 2.45) is 0 Å². The molecular formula is C114H114Ir3N6S3Si3-6. The Kier molecular flexibility index (Phi) is 34.1. The number of aryl methyl sites for hydroxylation is 3. The summed E-state index contributed by atoms with van der Waals surface area (Å²) in [5.74, 6) is 2.10. The predicted octanol–water partition coefficient (Wildman–Crippen LogP) is 31.1. The minimum Gasteiger partial charge on any atom is -0.305 e. The van der Waals surface area contributed by atoms with Crippen LogP contribution in [0.15, 0.2) is 274 Å². The fraction of sp³-hybridized carbons (Fsp3) is 0.263. The Morgan fingerprint density at radius 3 is 1.01 bits per heavy atom. The minimum atomic E-state index is -1.40. The van der Waals surface area contributed by atoms with Gasteiger partial charge in [-0.2, -0.15) is 34.0 Å². The first kappa shape index (κ1) is 97.7. The molecule has 15 heteroatoms. The van der Waals surface area contributed by atoms with Crippen molar-refractivity contribution in [3.05, 3.63) is 344 Å². The standard InChI is InChI=1S/3C26H28NSSi.3C12H10N.3Ir/c1-29(2,3)24-14-8-12-21-20-11-7-13-22(25(20)28-26(21)24)23-17-19(15-16-27-23)18-9-5-4-6-10-18;1-29(2,3)20-12-13-21-22-10-7-11-23(26(22)28-25(21)17-20)24-16-19(14-15-27-24)18-8-5-4-6-9-18;1-29(2,3)20-12-13-25-23(17-20)21-10-7-11-22(26(21)28-25)24-16-19(14-15-27-24)18-8-5-4-6-9-18;3*1-10-7-8-12(13-9-10)11-5-3-2-4-6-11;;;/h7-8,11-12,14-18H,4-6,9-10H2,1-3H3;2*7,10,12-18H,4-6,8-9H2,1-3H3;3*2-5,7-9H,1H3;;;/q6*-1;;;. The van der Waals surface area contributed by atoms with E-state index in [1.807, 2.05) is 183 Å². The number of benzene rings is 9. The summed E-state index contributed by atoms with van der Waals surface area (Å²) in [4.78, 5) is 27.3. The van der Waals surface area contributed by atoms with Crippen molar-refractivity contribution in [2.45, 2.75) is 194 Å². The van der Waals surface area contributed by atoms with Crippen LogP contribution < -0.4 is 15.6 Å². The van der Waals surface area contributed by atoms with E-state index in [-0.39, 0.29) is 60.3 Å². The Morgan fingerprint density at radius 2 is 0.636 bits per heavy atom. The number of thiophene rings is 3. The van der Waals surface area contributed by atoms with Gasteiger partial charge in [0.25, 0.3) is 0 Å². The summed E-state index contributed by atoms with van der Waals surface area (Å²) in [6.07, 6.45) is 31.9. The van der Waals surface area contributed by atoms with E-state index in [1.165, 1.54) is 206 Å². The van der Waals surface area contributed by atoms with E-state index in [0.29, 0.717) is 17.8 Å². The van der Waals surface area contributed by atoms with Crippen LogP contribution in [0.5, 0.6) is 0 Å². The van der Waals surface area contributed by atoms with Gasteiger partial charge in [-0.3, -0.25) is 0 Å². The molecule has 3 aliphatic rings. The van der Waals surface area contributed by atoms with Crippen molar-refractivity contribution in [1.29, 1.82) is 0 Å². The zero-order valence-corrected chi connectivity index (χ0v) is 88.9. The molecule has 0 spiro atoms. The van der Waals surface area contributed by atoms with Crippen molar-refractivity contribution in [3.8, 4) is 67.5 Å². The molecule has 0 unspecified atom stereocenters. The van der Waals surface area contributed by atoms with Crippen LogP contribution in [0.4, 0.5) is 0 Å². The molecule has 0 N–H and O–H groups in total. The molecule has 18 aromatic rings. The molecule has 3 radical (unpaired) electrons. The van der Waals surface area contributed by atoms with Gasteiger partial charge in [0, 0.05) is 112 Å². The van der Waals surface area contributed by atoms with E-state index < -0.39 is 24.2 Å². The predicted molar refractivity (Wildman–Crippen MR) is 550 cm³/mol. The molecule has 0 aliphatic heterocycles. The van der Waals surface area contributed by atoms with Gasteiger partial charge in [0.15, 0.2) is 0 Å². The summed E-state index contributed by atoms with van der Waals surface area (Å²) in [6, 6.07) is 103. The van der Waals surface area contributed by atoms with Gasteiger partial charge in [-0.1, -0.05) is 257 Å². The van der Waals surface area contributed by atoms with Gasteiger partial charge in [0.05, 0.1) is 24.2 Å². The molecule has 0 bridgehead atoms. The van der Waals surface area contributed by atoms with Crippen LogP contribution >= 0.6 is 34.0 Å². The molecule has 0 atom stereocenters. The third-order valence-electron chi connectivity index (χ3n) is 24.9. The van der Waals surface area contributed by atoms with Crippen LogP contribution in [0.1, 0.15) is 147 Å². The molecule has 0 amide bonds. The van der Waals surface area contributed by atoms with Gasteiger partial charge in [-0.25, -0.2) is 0 Å². The Bertz CT molecular complexity index is 6410. The van der Waals surface area contributed by atoms with Gasteiger partial charge in [-0.15, -0.1) is 179 Å². The maximum atomic E-state index is 4.78. The van der Waals surface area contributed by atoms with E-state index in [4.69, 9.17) is 15.0 Å². The number of nitrogens with zero attached hydrogens (tertiary/aromatic N) is 6. The summed E-state index contributed by atoms with van der Waals surface area (Å²) in [6.45, 7) is 27.9. The SMILES string of the molecule is C[Si](C)(C)c1ccc2c(c1)sc1c(-c3cc(C4CCCCC4)ccn3)[c-]ccc12.C[Si](C)(C)c1ccc2sc3c(-c4cc(C5CCCCC5)ccn4)[c-]ccc3c2c1.C[Si](C)(C)c1cccc2c1sc1c(-c3cc(C4CCCCC4)ccn3)[c-]ccc12.Cc1ccc(-c2[c-]cccc2)nc1.Cc1ccc(-c2[c-]cccc2)nc1.Cc1ccc(-c2[c-]cccc2)nc1.[Ir].[Ir].[Ir]. The maximum absolute atomic E-state index is 4.78. The van der Waals surface area contributed by atoms with Gasteiger partial charge >= 0.3 is 0 Å². The third kappa shape index (κ3) is 24.3. The molecule has 6 nitrogen and oxygen atoms in total. The number of aromatic nitrogens is 6. The molecule has 129 heavy (non-hydrogen) atoms. The number of hydrogen-bond acceptors (Lipinski definition) is 9. The van der Waals surface area contributed by atoms with Gasteiger partial charge in [0.2, 0.25) is 0 Å². The molecule has 9 aromatic heterocycles. The number of rotatable bonds is 12. The number of pyridine rings is 6. The fourth-order valence-electron chi connectivity index (χ4n) is 17.7. The third-order valence-corrected chi connectivity index (χ3v) is 34.9. The Balaban J connectivity index is 0.000000136. The van der Waals surface area contributed by atoms with Crippen molar-refractivity contribution in [1.82, 2.24) is 29.9 Å². The van der Waals surface area contributed by atoms with Crippen molar-refractivity contribution >= 4 is 134 Å². The summed E-state index contributed by atoms with van der Waals surface area (Å²) in [5.41, 5.74) is 20.7. The molecule has 3 saturated carbocycles. The second kappa shape index (κ2) is 45.0. The van der Waals surface area contributed by atoms with Crippen LogP contribution in [0, 0.1) is 57.2 Å². The first-order chi connectivity index (χ1) is 61.1. The van der Waals surface area contributed by atoms with E-state index >= 15 is 0 Å². The molecule has 21 rings (SSSR count). The second-order valence-corrected chi connectivity index (χ2v) is 55.7. The van der Waals surface area contributed by atoms with E-state index in [1.54, 1.807) is 5.19 Å². The summed E-state index contributed by atoms with van der Waals surface area (Å²) >= 11 is 5.74. The topological polar surface area (TPSA) is 77.3 Å². The van der Waals surface area contributed by atoms with E-state index in [2.05, 4.69) is 256 Å². The zero-order valence-electron chi connectivity index (χ0n) is 76.2. The normalized spacial score (nSPS) is 13.8. The zero-order chi connectivity index (χ0) is 87.3. The van der Waals surface area contributed by atoms with Crippen LogP contribution in [0.2, 0.25) is 58.9 Å². The van der Waals surface area contributed by atoms with E-state index in [9.17, 15) is 0 Å². The maximum Gasteiger partial charge on any atom is 0.0794 e. The first-order valence-corrected chi connectivity index (χ1v) is 58.3. The smallest absolute Gasteiger partial charge is 0.0794 e. The molecule has 0 saturated heterocycles. The molecular weight excluding hydrogens is 2210 g/mol. The molecule has 9 aromatic carbocycles. The second-order valence-electron chi connectivity index (χ2n) is 37.4. The average Bonchev–Trinajstić information content (AvgIpc) is 1.64. The van der Waals surface area contributed by atoms with Crippen molar-refractivity contribution in [3.63, 3.8) is 0 Å². The monoisotopic (exact) mass is 2330 g/mol. The molecule has 3 fully saturated rings. The number of fused-ring (bicyclic) bond motifs is 9. The van der Waals surface area contributed by atoms with E-state index in [0.717, 1.165) is 62.0 Å². The van der Waals surface area contributed by atoms with Crippen LogP contribution in [0.25, 0.3) is 128 Å². The average molecular weight is 2330 g/mol. The Morgan fingerprint density at radius 1 is 0.271 bits per heavy atom. The van der Waals surface area contributed by atoms with Gasteiger partial charge in [-0.05, 0) is 194 Å². The van der Waals surface area contributed by atoms with Crippen LogP contribution in [-0.4, -0.2) is 54.1 Å². The first-order valence-electron chi connectivity index (χ1n) is 45.3. The van der Waals surface area contributed by atoms with Crippen LogP contribution in [-0.2, 0) is 60.3 Å². The quantitative estimate of drug-likeness (QED) is 0.0896. The molecule has 3 aliphatic carbocycles. The Labute approximate surface area is 821 Å². The summed E-state index contributed by atoms with van der Waals surface area (Å²) in [7, 11) is -4.05. The largest absolute Gasteiger partial charge is 0.305 e. The Hall–Kier alpha value is -8.86. The number of hydrogen-bond donors (Lipinski definition) is 0. The summed E-state index contributed by atoms with van der Waals surface area (Å²) in [5, 5.41) is 12.8. The summed E-state index contributed by atoms with van der Waals surface area (Å²) < 4.78 is 8.20. The van der Waals surface area contributed by atoms with Crippen molar-refractivity contribution < 1.29 is 60.3 Å². The van der Waals surface area contributed by atoms with Crippen molar-refractivity contribution in [2.75, 3.05) is 0 Å². The van der Waals surface area contributed by atoms with Crippen LogP contribution in [0.3, 0.4) is 0 Å². The molecule has 663 valence electrons. The van der Waals surface area contributed by atoms with Gasteiger partial charge < -0.3 is 29.9 Å². The van der Waals surface area contributed by atoms with Gasteiger partial charge in [0.1, 0.15) is 0 Å². The molecule has 9 heterocycles. The minimum absolute atomic E-state index is 0.